The predicted molar refractivity (Wildman–Crippen MR) is 144 cm³/mol. The van der Waals surface area contributed by atoms with E-state index in [0.29, 0.717) is 0 Å². The van der Waals surface area contributed by atoms with Gasteiger partial charge in [0, 0.05) is 22.7 Å². The third kappa shape index (κ3) is 3.71. The molecule has 0 aromatic carbocycles. The molecule has 0 spiro atoms. The summed E-state index contributed by atoms with van der Waals surface area (Å²) in [7, 11) is 0. The Bertz CT molecular complexity index is 1370. The van der Waals surface area contributed by atoms with E-state index < -0.39 is 76.5 Å². The van der Waals surface area contributed by atoms with Crippen LogP contribution in [0.4, 0.5) is 8.78 Å². The minimum absolute atomic E-state index is 0.000799. The van der Waals surface area contributed by atoms with E-state index in [9.17, 15) is 19.5 Å². The van der Waals surface area contributed by atoms with Crippen LogP contribution in [0.5, 0.6) is 0 Å². The van der Waals surface area contributed by atoms with Crippen molar-refractivity contribution >= 4 is 40.8 Å². The molecule has 3 fully saturated rings. The number of aliphatic hydroxyl groups excluding tert-OH is 1. The minimum atomic E-state index is -2.35. The summed E-state index contributed by atoms with van der Waals surface area (Å²) < 4.78 is 45.5. The van der Waals surface area contributed by atoms with E-state index in [1.807, 2.05) is 6.26 Å². The molecule has 0 saturated heterocycles. The lowest BCUT2D eigenvalue weighted by Crippen LogP contribution is -2.71. The van der Waals surface area contributed by atoms with Crippen molar-refractivity contribution in [3.05, 3.63) is 40.8 Å². The third-order valence-corrected chi connectivity index (χ3v) is 12.1. The smallest absolute Gasteiger partial charge is 0.352 e. The molecular formula is C29H31F2NO6S2. The summed E-state index contributed by atoms with van der Waals surface area (Å²) in [5.74, 6) is -4.59. The zero-order valence-corrected chi connectivity index (χ0v) is 24.2. The van der Waals surface area contributed by atoms with Gasteiger partial charge in [0.05, 0.1) is 10.3 Å². The number of nitriles is 1. The van der Waals surface area contributed by atoms with Gasteiger partial charge in [0.1, 0.15) is 17.1 Å². The Labute approximate surface area is 239 Å². The fraction of sp³-hybridized carbons (Fsp3) is 0.586. The number of ketones is 1. The Morgan fingerprint density at radius 2 is 2.00 bits per heavy atom. The Balaban J connectivity index is 1.62. The van der Waals surface area contributed by atoms with Gasteiger partial charge in [0.15, 0.2) is 18.1 Å². The zero-order valence-electron chi connectivity index (χ0n) is 22.6. The number of fused-ring (bicyclic) bond motifs is 5. The highest BCUT2D eigenvalue weighted by Gasteiger charge is 2.78. The maximum absolute atomic E-state index is 17.5. The maximum Gasteiger partial charge on any atom is 0.352 e. The molecule has 11 heteroatoms. The number of carbonyl (C=O) groups excluding carboxylic acids is 3. The molecule has 7 nitrogen and oxygen atoms in total. The van der Waals surface area contributed by atoms with Gasteiger partial charge in [-0.3, -0.25) is 4.79 Å². The van der Waals surface area contributed by atoms with Gasteiger partial charge in [0.2, 0.25) is 5.60 Å². The number of thiophene rings is 1. The molecule has 0 radical (unpaired) electrons. The molecule has 214 valence electrons. The summed E-state index contributed by atoms with van der Waals surface area (Å²) in [5, 5.41) is 20.7. The molecule has 1 N–H and O–H groups in total. The van der Waals surface area contributed by atoms with Gasteiger partial charge in [0.25, 0.3) is 0 Å². The number of hydrogen-bond donors (Lipinski definition) is 1. The van der Waals surface area contributed by atoms with Crippen molar-refractivity contribution < 1.29 is 37.7 Å². The monoisotopic (exact) mass is 591 g/mol. The molecule has 0 bridgehead atoms. The number of halogens is 2. The van der Waals surface area contributed by atoms with Gasteiger partial charge >= 0.3 is 11.9 Å². The van der Waals surface area contributed by atoms with E-state index in [1.165, 1.54) is 42.2 Å². The zero-order chi connectivity index (χ0) is 29.3. The second-order valence-corrected chi connectivity index (χ2v) is 13.9. The lowest BCUT2D eigenvalue weighted by atomic mass is 9.44. The fourth-order valence-electron chi connectivity index (χ4n) is 8.16. The van der Waals surface area contributed by atoms with E-state index in [-0.39, 0.29) is 29.7 Å². The molecule has 4 aliphatic rings. The quantitative estimate of drug-likeness (QED) is 0.376. The molecule has 9 atom stereocenters. The summed E-state index contributed by atoms with van der Waals surface area (Å²) in [5.41, 5.74) is -7.24. The lowest BCUT2D eigenvalue weighted by molar-refractivity contribution is -0.230. The molecule has 0 amide bonds. The Kier molecular flexibility index (Phi) is 7.08. The second kappa shape index (κ2) is 9.78. The summed E-state index contributed by atoms with van der Waals surface area (Å²) in [6.07, 6.45) is 1.81. The first kappa shape index (κ1) is 29.0. The standard InChI is InChI=1S/C29H31F2NO6S2/c1-15-11-17-18-13-20(30)19-12-16(33)7-8-26(19,2)28(18,31)22(34)14-27(17,3)29(15,25(36)37-10-9-32)38-24(35)21-5-6-23(39-4)40-21/h5-8,12,15,17-18,20,22,34H,10-11,13-14H2,1-4H3/t15-,17?,18?,20+,22+,26+,27+,28+,29+/m1/s1. The second-order valence-electron chi connectivity index (χ2n) is 11.7. The van der Waals surface area contributed by atoms with Crippen LogP contribution in [0.3, 0.4) is 0 Å². The molecule has 0 aliphatic heterocycles. The van der Waals surface area contributed by atoms with Crippen LogP contribution < -0.4 is 0 Å². The number of esters is 2. The molecular weight excluding hydrogens is 560 g/mol. The number of nitrogens with zero attached hydrogens (tertiary/aromatic N) is 1. The number of allylic oxidation sites excluding steroid dienone is 4. The van der Waals surface area contributed by atoms with Crippen LogP contribution in [-0.4, -0.2) is 59.2 Å². The highest BCUT2D eigenvalue weighted by atomic mass is 32.2. The molecule has 5 rings (SSSR count). The summed E-state index contributed by atoms with van der Waals surface area (Å²) in [6, 6.07) is 5.11. The minimum Gasteiger partial charge on any atom is -0.447 e. The summed E-state index contributed by atoms with van der Waals surface area (Å²) in [6.45, 7) is 4.27. The first-order chi connectivity index (χ1) is 18.8. The first-order valence-corrected chi connectivity index (χ1v) is 15.2. The number of alkyl halides is 2. The van der Waals surface area contributed by atoms with Crippen molar-refractivity contribution in [3.63, 3.8) is 0 Å². The van der Waals surface area contributed by atoms with Gasteiger partial charge in [-0.15, -0.1) is 23.1 Å². The number of ether oxygens (including phenoxy) is 2. The maximum atomic E-state index is 17.5. The first-order valence-electron chi connectivity index (χ1n) is 13.2. The molecule has 4 aliphatic carbocycles. The average molecular weight is 592 g/mol. The van der Waals surface area contributed by atoms with Crippen molar-refractivity contribution in [2.24, 2.45) is 28.6 Å². The number of rotatable bonds is 5. The van der Waals surface area contributed by atoms with Gasteiger partial charge in [-0.1, -0.05) is 19.9 Å². The highest BCUT2D eigenvalue weighted by Crippen LogP contribution is 2.71. The van der Waals surface area contributed by atoms with Crippen LogP contribution in [0.15, 0.2) is 40.1 Å². The van der Waals surface area contributed by atoms with Crippen LogP contribution in [0.25, 0.3) is 0 Å². The Hall–Kier alpha value is -2.55. The SMILES string of the molecule is CSc1ccc(C(=O)O[C@]2(C(=O)OCC#N)[C@H](C)CC3C4C[C@H](F)C5=CC(=O)C=C[C@]5(C)[C@@]4(F)[C@@H](O)C[C@@]32C)s1. The molecule has 1 heterocycles. The van der Waals surface area contributed by atoms with E-state index in [2.05, 4.69) is 0 Å². The van der Waals surface area contributed by atoms with Crippen molar-refractivity contribution in [1.82, 2.24) is 0 Å². The fourth-order valence-corrected chi connectivity index (χ4v) is 9.58. The normalized spacial score (nSPS) is 41.7. The molecule has 2 unspecified atom stereocenters. The van der Waals surface area contributed by atoms with Crippen LogP contribution in [0.1, 0.15) is 49.7 Å². The van der Waals surface area contributed by atoms with E-state index in [4.69, 9.17) is 14.7 Å². The van der Waals surface area contributed by atoms with Crippen LogP contribution >= 0.6 is 23.1 Å². The largest absolute Gasteiger partial charge is 0.447 e. The Morgan fingerprint density at radius 3 is 2.65 bits per heavy atom. The Morgan fingerprint density at radius 1 is 1.27 bits per heavy atom. The summed E-state index contributed by atoms with van der Waals surface area (Å²) >= 11 is 2.64. The van der Waals surface area contributed by atoms with Gasteiger partial charge in [-0.2, -0.15) is 5.26 Å². The molecule has 40 heavy (non-hydrogen) atoms. The van der Waals surface area contributed by atoms with Crippen molar-refractivity contribution in [1.29, 1.82) is 5.26 Å². The third-order valence-electron chi connectivity index (χ3n) is 9.98. The van der Waals surface area contributed by atoms with Gasteiger partial charge in [-0.25, -0.2) is 18.4 Å². The molecule has 1 aromatic rings. The lowest BCUT2D eigenvalue weighted by Gasteiger charge is -2.63. The average Bonchev–Trinajstić information content (AvgIpc) is 3.48. The van der Waals surface area contributed by atoms with Crippen molar-refractivity contribution in [3.8, 4) is 6.07 Å². The van der Waals surface area contributed by atoms with Crippen LogP contribution in [0, 0.1) is 39.9 Å². The number of hydrogen-bond acceptors (Lipinski definition) is 9. The summed E-state index contributed by atoms with van der Waals surface area (Å²) in [4.78, 5) is 39.6. The van der Waals surface area contributed by atoms with Crippen LogP contribution in [-0.2, 0) is 19.1 Å². The van der Waals surface area contributed by atoms with E-state index in [0.717, 1.165) is 10.3 Å². The van der Waals surface area contributed by atoms with Crippen LogP contribution in [0.2, 0.25) is 0 Å². The van der Waals surface area contributed by atoms with Gasteiger partial charge in [-0.05, 0) is 68.2 Å². The topological polar surface area (TPSA) is 114 Å². The molecule has 3 saturated carbocycles. The van der Waals surface area contributed by atoms with Crippen molar-refractivity contribution in [2.75, 3.05) is 12.9 Å². The van der Waals surface area contributed by atoms with Crippen molar-refractivity contribution in [2.45, 2.75) is 67.8 Å². The van der Waals surface area contributed by atoms with Gasteiger partial charge < -0.3 is 14.6 Å². The number of aliphatic hydroxyl groups is 1. The molecule has 1 aromatic heterocycles. The van der Waals surface area contributed by atoms with E-state index >= 15 is 8.78 Å². The van der Waals surface area contributed by atoms with E-state index in [1.54, 1.807) is 32.0 Å². The predicted octanol–water partition coefficient (Wildman–Crippen LogP) is 5.00. The number of thioether (sulfide) groups is 1. The number of carbonyl (C=O) groups is 3. The highest BCUT2D eigenvalue weighted by molar-refractivity contribution is 8.00.